The van der Waals surface area contributed by atoms with E-state index in [1.165, 1.54) is 7.11 Å². The third kappa shape index (κ3) is 3.79. The maximum absolute atomic E-state index is 12.6. The Labute approximate surface area is 152 Å². The first kappa shape index (κ1) is 17.8. The minimum atomic E-state index is -0.341. The summed E-state index contributed by atoms with van der Waals surface area (Å²) >= 11 is 0. The van der Waals surface area contributed by atoms with E-state index in [9.17, 15) is 9.59 Å². The van der Waals surface area contributed by atoms with Crippen LogP contribution in [0.3, 0.4) is 0 Å². The Kier molecular flexibility index (Phi) is 5.41. The Morgan fingerprint density at radius 2 is 1.38 bits per heavy atom. The van der Waals surface area contributed by atoms with Crippen molar-refractivity contribution >= 4 is 17.6 Å². The topological polar surface area (TPSA) is 59.1 Å². The lowest BCUT2D eigenvalue weighted by atomic mass is 10.1. The van der Waals surface area contributed by atoms with Gasteiger partial charge in [0.25, 0.3) is 5.91 Å². The van der Waals surface area contributed by atoms with Crippen molar-refractivity contribution in [3.8, 4) is 5.75 Å². The zero-order valence-corrected chi connectivity index (χ0v) is 15.0. The van der Waals surface area contributed by atoms with Gasteiger partial charge in [-0.05, 0) is 48.5 Å². The molecule has 1 aliphatic heterocycles. The second-order valence-corrected chi connectivity index (χ2v) is 6.05. The molecule has 2 aromatic rings. The van der Waals surface area contributed by atoms with Crippen molar-refractivity contribution in [2.75, 3.05) is 45.3 Å². The molecule has 0 unspecified atom stereocenters. The van der Waals surface area contributed by atoms with Crippen molar-refractivity contribution in [1.82, 2.24) is 4.90 Å². The average molecular weight is 354 g/mol. The number of ether oxygens (including phenoxy) is 2. The number of piperazine rings is 1. The van der Waals surface area contributed by atoms with E-state index in [4.69, 9.17) is 9.47 Å². The number of amides is 1. The highest BCUT2D eigenvalue weighted by atomic mass is 16.5. The monoisotopic (exact) mass is 354 g/mol. The zero-order chi connectivity index (χ0) is 18.5. The SMILES string of the molecule is COC(=O)c1ccc(N2CCN(C(=O)c3ccc(OC)cc3)CC2)cc1. The van der Waals surface area contributed by atoms with Gasteiger partial charge in [0, 0.05) is 37.4 Å². The minimum Gasteiger partial charge on any atom is -0.497 e. The van der Waals surface area contributed by atoms with Gasteiger partial charge in [0.1, 0.15) is 5.75 Å². The van der Waals surface area contributed by atoms with Crippen LogP contribution >= 0.6 is 0 Å². The number of anilines is 1. The number of rotatable bonds is 4. The summed E-state index contributed by atoms with van der Waals surface area (Å²) in [5.74, 6) is 0.432. The van der Waals surface area contributed by atoms with Gasteiger partial charge in [0.15, 0.2) is 0 Å². The van der Waals surface area contributed by atoms with Gasteiger partial charge in [-0.2, -0.15) is 0 Å². The molecular weight excluding hydrogens is 332 g/mol. The van der Waals surface area contributed by atoms with Gasteiger partial charge in [-0.1, -0.05) is 0 Å². The van der Waals surface area contributed by atoms with Crippen LogP contribution in [0.5, 0.6) is 5.75 Å². The largest absolute Gasteiger partial charge is 0.497 e. The molecule has 1 aliphatic rings. The number of nitrogens with zero attached hydrogens (tertiary/aromatic N) is 2. The van der Waals surface area contributed by atoms with Crippen molar-refractivity contribution in [3.05, 3.63) is 59.7 Å². The number of hydrogen-bond donors (Lipinski definition) is 0. The molecule has 6 heteroatoms. The predicted molar refractivity (Wildman–Crippen MR) is 98.9 cm³/mol. The Morgan fingerprint density at radius 3 is 1.92 bits per heavy atom. The molecule has 0 radical (unpaired) electrons. The van der Waals surface area contributed by atoms with E-state index < -0.39 is 0 Å². The molecule has 0 spiro atoms. The number of benzene rings is 2. The van der Waals surface area contributed by atoms with Crippen molar-refractivity contribution in [2.45, 2.75) is 0 Å². The van der Waals surface area contributed by atoms with E-state index in [0.717, 1.165) is 24.5 Å². The fraction of sp³-hybridized carbons (Fsp3) is 0.300. The van der Waals surface area contributed by atoms with Crippen LogP contribution in [0.2, 0.25) is 0 Å². The first-order chi connectivity index (χ1) is 12.6. The van der Waals surface area contributed by atoms with Crippen LogP contribution in [-0.2, 0) is 4.74 Å². The van der Waals surface area contributed by atoms with Crippen molar-refractivity contribution < 1.29 is 19.1 Å². The molecule has 136 valence electrons. The molecule has 6 nitrogen and oxygen atoms in total. The van der Waals surface area contributed by atoms with Crippen molar-refractivity contribution in [3.63, 3.8) is 0 Å². The second-order valence-electron chi connectivity index (χ2n) is 6.05. The number of carbonyl (C=O) groups excluding carboxylic acids is 2. The molecule has 0 saturated carbocycles. The van der Waals surface area contributed by atoms with Gasteiger partial charge in [-0.25, -0.2) is 4.79 Å². The van der Waals surface area contributed by atoms with Gasteiger partial charge in [0.2, 0.25) is 0 Å². The van der Waals surface area contributed by atoms with Crippen molar-refractivity contribution in [2.24, 2.45) is 0 Å². The molecular formula is C20H22N2O4. The molecule has 0 aromatic heterocycles. The molecule has 26 heavy (non-hydrogen) atoms. The second kappa shape index (κ2) is 7.91. The van der Waals surface area contributed by atoms with E-state index in [1.54, 1.807) is 43.5 Å². The summed E-state index contributed by atoms with van der Waals surface area (Å²) in [5.41, 5.74) is 2.24. The van der Waals surface area contributed by atoms with Crippen molar-refractivity contribution in [1.29, 1.82) is 0 Å². The van der Waals surface area contributed by atoms with E-state index in [0.29, 0.717) is 24.2 Å². The Bertz CT molecular complexity index is 763. The van der Waals surface area contributed by atoms with Gasteiger partial charge in [-0.15, -0.1) is 0 Å². The first-order valence-electron chi connectivity index (χ1n) is 8.49. The summed E-state index contributed by atoms with van der Waals surface area (Å²) in [4.78, 5) is 28.2. The highest BCUT2D eigenvalue weighted by molar-refractivity contribution is 5.94. The molecule has 0 N–H and O–H groups in total. The van der Waals surface area contributed by atoms with Crippen LogP contribution in [0.1, 0.15) is 20.7 Å². The van der Waals surface area contributed by atoms with Gasteiger partial charge < -0.3 is 19.3 Å². The van der Waals surface area contributed by atoms with E-state index in [2.05, 4.69) is 4.90 Å². The van der Waals surface area contributed by atoms with E-state index >= 15 is 0 Å². The smallest absolute Gasteiger partial charge is 0.337 e. The molecule has 1 saturated heterocycles. The number of hydrogen-bond acceptors (Lipinski definition) is 5. The molecule has 3 rings (SSSR count). The van der Waals surface area contributed by atoms with E-state index in [-0.39, 0.29) is 11.9 Å². The first-order valence-corrected chi connectivity index (χ1v) is 8.49. The molecule has 0 atom stereocenters. The number of carbonyl (C=O) groups is 2. The minimum absolute atomic E-state index is 0.0355. The maximum atomic E-state index is 12.6. The summed E-state index contributed by atoms with van der Waals surface area (Å²) in [5, 5.41) is 0. The molecule has 1 heterocycles. The highest BCUT2D eigenvalue weighted by Crippen LogP contribution is 2.19. The van der Waals surface area contributed by atoms with Gasteiger partial charge in [-0.3, -0.25) is 4.79 Å². The van der Waals surface area contributed by atoms with Crippen LogP contribution < -0.4 is 9.64 Å². The third-order valence-corrected chi connectivity index (χ3v) is 4.56. The molecule has 1 amide bonds. The Balaban J connectivity index is 1.59. The molecule has 0 bridgehead atoms. The highest BCUT2D eigenvalue weighted by Gasteiger charge is 2.22. The quantitative estimate of drug-likeness (QED) is 0.790. The summed E-state index contributed by atoms with van der Waals surface area (Å²) in [6, 6.07) is 14.5. The summed E-state index contributed by atoms with van der Waals surface area (Å²) in [7, 11) is 2.98. The van der Waals surface area contributed by atoms with Crippen LogP contribution in [-0.4, -0.2) is 57.2 Å². The Hall–Kier alpha value is -3.02. The zero-order valence-electron chi connectivity index (χ0n) is 15.0. The Morgan fingerprint density at radius 1 is 0.808 bits per heavy atom. The summed E-state index contributed by atoms with van der Waals surface area (Å²) in [6.45, 7) is 2.81. The lowest BCUT2D eigenvalue weighted by Gasteiger charge is -2.36. The van der Waals surface area contributed by atoms with Crippen LogP contribution in [0.25, 0.3) is 0 Å². The van der Waals surface area contributed by atoms with Crippen LogP contribution in [0.4, 0.5) is 5.69 Å². The maximum Gasteiger partial charge on any atom is 0.337 e. The lowest BCUT2D eigenvalue weighted by Crippen LogP contribution is -2.48. The fourth-order valence-electron chi connectivity index (χ4n) is 3.01. The van der Waals surface area contributed by atoms with E-state index in [1.807, 2.05) is 17.0 Å². The third-order valence-electron chi connectivity index (χ3n) is 4.56. The average Bonchev–Trinajstić information content (AvgIpc) is 2.73. The number of esters is 1. The van der Waals surface area contributed by atoms with Gasteiger partial charge in [0.05, 0.1) is 19.8 Å². The summed E-state index contributed by atoms with van der Waals surface area (Å²) in [6.07, 6.45) is 0. The predicted octanol–water partition coefficient (Wildman–Crippen LogP) is 2.44. The molecule has 0 aliphatic carbocycles. The normalized spacial score (nSPS) is 14.1. The molecule has 2 aromatic carbocycles. The number of methoxy groups -OCH3 is 2. The summed E-state index contributed by atoms with van der Waals surface area (Å²) < 4.78 is 9.84. The standard InChI is InChI=1S/C20H22N2O4/c1-25-18-9-5-15(6-10-18)19(23)22-13-11-21(12-14-22)17-7-3-16(4-8-17)20(24)26-2/h3-10H,11-14H2,1-2H3. The fourth-order valence-corrected chi connectivity index (χ4v) is 3.01. The van der Waals surface area contributed by atoms with Gasteiger partial charge >= 0.3 is 5.97 Å². The molecule has 1 fully saturated rings. The lowest BCUT2D eigenvalue weighted by molar-refractivity contribution is 0.0600. The van der Waals surface area contributed by atoms with Crippen LogP contribution in [0, 0.1) is 0 Å². The van der Waals surface area contributed by atoms with Crippen LogP contribution in [0.15, 0.2) is 48.5 Å².